The zero-order valence-corrected chi connectivity index (χ0v) is 26.3. The Morgan fingerprint density at radius 3 is 2.72 bits per heavy atom. The van der Waals surface area contributed by atoms with Gasteiger partial charge in [0.1, 0.15) is 24.5 Å². The fraction of sp³-hybridized carbons (Fsp3) is 0.586. The second kappa shape index (κ2) is 13.6. The lowest BCUT2D eigenvalue weighted by molar-refractivity contribution is -0.208. The fourth-order valence-electron chi connectivity index (χ4n) is 5.57. The first-order chi connectivity index (χ1) is 21.9. The molecule has 0 bridgehead atoms. The van der Waals surface area contributed by atoms with Gasteiger partial charge in [-0.25, -0.2) is 13.9 Å². The molecule has 15 nitrogen and oxygen atoms in total. The first-order valence-electron chi connectivity index (χ1n) is 15.0. The van der Waals surface area contributed by atoms with Crippen LogP contribution in [-0.4, -0.2) is 101 Å². The van der Waals surface area contributed by atoms with Crippen LogP contribution in [0.1, 0.15) is 46.0 Å². The summed E-state index contributed by atoms with van der Waals surface area (Å²) in [7, 11) is -4.59. The van der Waals surface area contributed by atoms with E-state index in [2.05, 4.69) is 20.1 Å². The summed E-state index contributed by atoms with van der Waals surface area (Å²) < 4.78 is 58.2. The van der Waals surface area contributed by atoms with Crippen molar-refractivity contribution in [3.63, 3.8) is 0 Å². The van der Waals surface area contributed by atoms with Crippen LogP contribution in [0, 0.1) is 12.3 Å². The largest absolute Gasteiger partial charge is 0.479 e. The molecule has 3 heterocycles. The monoisotopic (exact) mass is 664 g/mol. The minimum atomic E-state index is -4.59. The van der Waals surface area contributed by atoms with Crippen LogP contribution in [0.4, 0.5) is 4.39 Å². The molecule has 4 aliphatic rings. The normalized spacial score (nSPS) is 32.8. The van der Waals surface area contributed by atoms with Crippen LogP contribution in [0.15, 0.2) is 45.3 Å². The maximum absolute atomic E-state index is 16.5. The maximum atomic E-state index is 16.5. The van der Waals surface area contributed by atoms with Gasteiger partial charge in [-0.15, -0.1) is 6.42 Å². The smallest absolute Gasteiger partial charge is 0.459 e. The lowest BCUT2D eigenvalue weighted by atomic mass is 9.93. The molecule has 46 heavy (non-hydrogen) atoms. The summed E-state index contributed by atoms with van der Waals surface area (Å²) in [5.41, 5.74) is 3.17. The molecule has 0 aromatic heterocycles. The van der Waals surface area contributed by atoms with Crippen molar-refractivity contribution in [3.05, 3.63) is 30.3 Å². The van der Waals surface area contributed by atoms with Gasteiger partial charge in [0.05, 0.1) is 12.9 Å². The predicted octanol–water partition coefficient (Wildman–Crippen LogP) is 1.59. The average Bonchev–Trinajstić information content (AvgIpc) is 3.54. The predicted molar refractivity (Wildman–Crippen MR) is 163 cm³/mol. The van der Waals surface area contributed by atoms with Crippen LogP contribution < -0.4 is 15.3 Å². The highest BCUT2D eigenvalue weighted by Crippen LogP contribution is 2.49. The molecule has 5 rings (SSSR count). The topological polar surface area (TPSA) is 199 Å². The number of carbonyl (C=O) groups excluding carboxylic acids is 1. The van der Waals surface area contributed by atoms with Gasteiger partial charge in [0.2, 0.25) is 17.5 Å². The molecule has 0 radical (unpaired) electrons. The number of hydrogen-bond acceptors (Lipinski definition) is 14. The minimum Gasteiger partial charge on any atom is -0.479 e. The van der Waals surface area contributed by atoms with Crippen molar-refractivity contribution in [1.29, 1.82) is 0 Å². The van der Waals surface area contributed by atoms with Crippen LogP contribution in [0.25, 0.3) is 0 Å². The highest BCUT2D eigenvalue weighted by molar-refractivity contribution is 7.52. The SMILES string of the molecule is C#C[C@]1(O)[C@H](N2C=NC3C(OCC)=NC(N)=NC32)O[C@](F)(COP(=O)(NC(C)C(=O)OC2CCCCC2)Oc2ccccc2)[C@H]1O. The molecule has 2 fully saturated rings. The highest BCUT2D eigenvalue weighted by atomic mass is 31.2. The first-order valence-corrected chi connectivity index (χ1v) is 16.5. The van der Waals surface area contributed by atoms with Gasteiger partial charge in [0.25, 0.3) is 5.85 Å². The molecule has 1 saturated heterocycles. The Labute approximate surface area is 265 Å². The number of para-hydroxylation sites is 1. The Hall–Kier alpha value is -3.58. The maximum Gasteiger partial charge on any atom is 0.459 e. The van der Waals surface area contributed by atoms with Crippen LogP contribution in [0.2, 0.25) is 0 Å². The lowest BCUT2D eigenvalue weighted by Gasteiger charge is -2.35. The van der Waals surface area contributed by atoms with Crippen molar-refractivity contribution in [2.75, 3.05) is 13.2 Å². The molecule has 250 valence electrons. The number of halogens is 1. The Morgan fingerprint density at radius 2 is 2.04 bits per heavy atom. The second-order valence-corrected chi connectivity index (χ2v) is 13.0. The molecular weight excluding hydrogens is 626 g/mol. The number of nitrogens with one attached hydrogen (secondary N) is 1. The van der Waals surface area contributed by atoms with Crippen LogP contribution in [0.5, 0.6) is 5.75 Å². The van der Waals surface area contributed by atoms with E-state index in [0.717, 1.165) is 19.3 Å². The van der Waals surface area contributed by atoms with Gasteiger partial charge in [0.15, 0.2) is 24.5 Å². The summed E-state index contributed by atoms with van der Waals surface area (Å²) in [5, 5.41) is 24.9. The van der Waals surface area contributed by atoms with E-state index in [1.807, 2.05) is 5.92 Å². The molecule has 1 aromatic carbocycles. The van der Waals surface area contributed by atoms with Gasteiger partial charge in [-0.2, -0.15) is 10.1 Å². The number of aliphatic hydroxyl groups excluding tert-OH is 1. The summed E-state index contributed by atoms with van der Waals surface area (Å²) in [4.78, 5) is 26.6. The third-order valence-electron chi connectivity index (χ3n) is 7.93. The van der Waals surface area contributed by atoms with E-state index in [9.17, 15) is 19.6 Å². The number of ether oxygens (including phenoxy) is 3. The zero-order chi connectivity index (χ0) is 33.1. The number of nitrogens with two attached hydrogens (primary N) is 1. The average molecular weight is 665 g/mol. The van der Waals surface area contributed by atoms with Crippen LogP contribution in [-0.2, 0) is 28.1 Å². The Bertz CT molecular complexity index is 1450. The zero-order valence-electron chi connectivity index (χ0n) is 25.4. The number of rotatable bonds is 11. The van der Waals surface area contributed by atoms with E-state index in [1.165, 1.54) is 30.3 Å². The Kier molecular flexibility index (Phi) is 10.0. The number of alkyl halides is 1. The molecule has 0 spiro atoms. The number of guanidine groups is 1. The first kappa shape index (κ1) is 33.8. The minimum absolute atomic E-state index is 0.0730. The third-order valence-corrected chi connectivity index (χ3v) is 9.56. The third kappa shape index (κ3) is 6.90. The van der Waals surface area contributed by atoms with E-state index >= 15 is 4.39 Å². The second-order valence-electron chi connectivity index (χ2n) is 11.3. The molecular formula is C29H38FN6O9P. The van der Waals surface area contributed by atoms with E-state index in [-0.39, 0.29) is 30.3 Å². The summed E-state index contributed by atoms with van der Waals surface area (Å²) >= 11 is 0. The van der Waals surface area contributed by atoms with Gasteiger partial charge in [0, 0.05) is 0 Å². The van der Waals surface area contributed by atoms with Gasteiger partial charge in [-0.05, 0) is 51.7 Å². The van der Waals surface area contributed by atoms with Crippen molar-refractivity contribution in [2.45, 2.75) is 94.1 Å². The molecule has 1 saturated carbocycles. The number of hydrogen-bond donors (Lipinski definition) is 4. The number of fused-ring (bicyclic) bond motifs is 1. The van der Waals surface area contributed by atoms with E-state index in [0.29, 0.717) is 12.8 Å². The molecule has 1 aliphatic carbocycles. The molecule has 17 heteroatoms. The van der Waals surface area contributed by atoms with Gasteiger partial charge >= 0.3 is 13.7 Å². The van der Waals surface area contributed by atoms with Crippen molar-refractivity contribution >= 4 is 31.9 Å². The van der Waals surface area contributed by atoms with E-state index in [1.54, 1.807) is 25.1 Å². The standard InChI is InChI=1S/C29H38FN6O9P/c1-4-28(39)25(38)29(30,44-26(28)36-17-32-21-22(36)33-27(31)34-23(21)41-5-2)16-42-46(40,45-20-14-10-7-11-15-20)35-18(3)24(37)43-19-12-8-6-9-13-19/h1,7,10-11,14-15,17-19,21-22,25-26,38-39H,5-6,8-9,12-13,16H2,2-3H3,(H2,31,33)(H,35,40)/t18?,21?,22?,25-,26+,28+,29+,46?/m0/s1. The van der Waals surface area contributed by atoms with E-state index in [4.69, 9.17) is 35.4 Å². The van der Waals surface area contributed by atoms with Crippen molar-refractivity contribution in [2.24, 2.45) is 20.7 Å². The summed E-state index contributed by atoms with van der Waals surface area (Å²) in [6, 6.07) is 5.82. The summed E-state index contributed by atoms with van der Waals surface area (Å²) in [6.07, 6.45) is 5.65. The fourth-order valence-corrected chi connectivity index (χ4v) is 7.08. The quantitative estimate of drug-likeness (QED) is 0.152. The number of aliphatic hydroxyl groups is 2. The summed E-state index contributed by atoms with van der Waals surface area (Å²) in [5.74, 6) is -1.91. The molecule has 3 aliphatic heterocycles. The Morgan fingerprint density at radius 1 is 1.33 bits per heavy atom. The molecule has 8 atom stereocenters. The van der Waals surface area contributed by atoms with Crippen LogP contribution >= 0.6 is 7.75 Å². The number of carbonyl (C=O) groups is 1. The molecule has 1 aromatic rings. The van der Waals surface area contributed by atoms with E-state index < -0.39 is 62.4 Å². The summed E-state index contributed by atoms with van der Waals surface area (Å²) in [6.45, 7) is 2.12. The number of benzene rings is 1. The Balaban J connectivity index is 1.34. The molecule has 0 amide bonds. The lowest BCUT2D eigenvalue weighted by Crippen LogP contribution is -2.58. The molecule has 5 N–H and O–H groups in total. The number of esters is 1. The van der Waals surface area contributed by atoms with Gasteiger partial charge in [-0.3, -0.25) is 14.3 Å². The molecule has 4 unspecified atom stereocenters. The van der Waals surface area contributed by atoms with Crippen molar-refractivity contribution < 1.29 is 47.2 Å². The van der Waals surface area contributed by atoms with Crippen molar-refractivity contribution in [3.8, 4) is 18.1 Å². The number of terminal acetylenes is 1. The van der Waals surface area contributed by atoms with Gasteiger partial charge < -0.3 is 39.6 Å². The van der Waals surface area contributed by atoms with Crippen LogP contribution in [0.3, 0.4) is 0 Å². The van der Waals surface area contributed by atoms with Crippen molar-refractivity contribution in [1.82, 2.24) is 9.99 Å². The van der Waals surface area contributed by atoms with Gasteiger partial charge in [-0.1, -0.05) is 30.5 Å². The number of aliphatic imine (C=N–C) groups is 3. The number of nitrogens with zero attached hydrogens (tertiary/aromatic N) is 4. The highest BCUT2D eigenvalue weighted by Gasteiger charge is 2.67.